The van der Waals surface area contributed by atoms with Crippen LogP contribution in [0.25, 0.3) is 22.4 Å². The zero-order valence-corrected chi connectivity index (χ0v) is 12.2. The molecule has 0 saturated carbocycles. The Balaban J connectivity index is 2.17. The van der Waals surface area contributed by atoms with E-state index in [4.69, 9.17) is 0 Å². The van der Waals surface area contributed by atoms with Crippen LogP contribution in [0.2, 0.25) is 0 Å². The lowest BCUT2D eigenvalue weighted by molar-refractivity contribution is 0.623. The monoisotopic (exact) mass is 318 g/mol. The van der Waals surface area contributed by atoms with E-state index in [1.165, 1.54) is 17.2 Å². The number of aryl methyl sites for hydroxylation is 2. The van der Waals surface area contributed by atoms with Crippen molar-refractivity contribution in [2.24, 2.45) is 0 Å². The van der Waals surface area contributed by atoms with Gasteiger partial charge in [-0.05, 0) is 53.0 Å². The molecule has 0 aliphatic rings. The van der Waals surface area contributed by atoms with Crippen molar-refractivity contribution in [3.05, 3.63) is 51.7 Å². The van der Waals surface area contributed by atoms with Crippen LogP contribution in [-0.4, -0.2) is 9.97 Å². The zero-order valence-electron chi connectivity index (χ0n) is 10.6. The summed E-state index contributed by atoms with van der Waals surface area (Å²) in [7, 11) is 0. The van der Waals surface area contributed by atoms with Crippen LogP contribution in [0.1, 0.15) is 11.1 Å². The molecule has 0 spiro atoms. The van der Waals surface area contributed by atoms with E-state index in [-0.39, 0.29) is 5.82 Å². The molecule has 2 nitrogen and oxygen atoms in total. The molecule has 0 aliphatic carbocycles. The fourth-order valence-corrected chi connectivity index (χ4v) is 2.36. The van der Waals surface area contributed by atoms with Crippen molar-refractivity contribution in [3.63, 3.8) is 0 Å². The molecular weight excluding hydrogens is 307 g/mol. The first-order valence-corrected chi connectivity index (χ1v) is 6.76. The van der Waals surface area contributed by atoms with Gasteiger partial charge in [0.15, 0.2) is 0 Å². The minimum Gasteiger partial charge on any atom is -0.338 e. The number of fused-ring (bicyclic) bond motifs is 1. The van der Waals surface area contributed by atoms with Gasteiger partial charge in [0.25, 0.3) is 0 Å². The first kappa shape index (κ1) is 12.4. The summed E-state index contributed by atoms with van der Waals surface area (Å²) in [5, 5.41) is 0. The predicted molar refractivity (Wildman–Crippen MR) is 78.7 cm³/mol. The zero-order chi connectivity index (χ0) is 13.6. The highest BCUT2D eigenvalue weighted by Crippen LogP contribution is 2.26. The number of rotatable bonds is 1. The summed E-state index contributed by atoms with van der Waals surface area (Å²) in [5.74, 6) is 0.471. The van der Waals surface area contributed by atoms with Crippen LogP contribution >= 0.6 is 15.9 Å². The fraction of sp³-hybridized carbons (Fsp3) is 0.133. The summed E-state index contributed by atoms with van der Waals surface area (Å²) in [5.41, 5.74) is 4.92. The number of nitrogens with zero attached hydrogens (tertiary/aromatic N) is 1. The van der Waals surface area contributed by atoms with Crippen molar-refractivity contribution in [2.45, 2.75) is 13.8 Å². The van der Waals surface area contributed by atoms with Crippen molar-refractivity contribution in [2.75, 3.05) is 0 Å². The Kier molecular flexibility index (Phi) is 2.90. The average molecular weight is 319 g/mol. The quantitative estimate of drug-likeness (QED) is 0.689. The fourth-order valence-electron chi connectivity index (χ4n) is 2.03. The maximum absolute atomic E-state index is 13.5. The van der Waals surface area contributed by atoms with Gasteiger partial charge >= 0.3 is 0 Å². The van der Waals surface area contributed by atoms with Gasteiger partial charge in [-0.15, -0.1) is 0 Å². The highest BCUT2D eigenvalue weighted by atomic mass is 79.9. The van der Waals surface area contributed by atoms with E-state index in [1.54, 1.807) is 6.07 Å². The smallest absolute Gasteiger partial charge is 0.139 e. The third-order valence-electron chi connectivity index (χ3n) is 3.30. The van der Waals surface area contributed by atoms with Crippen LogP contribution in [0, 0.1) is 19.7 Å². The van der Waals surface area contributed by atoms with E-state index in [1.807, 2.05) is 6.07 Å². The minimum atomic E-state index is -0.289. The van der Waals surface area contributed by atoms with Crippen LogP contribution in [0.15, 0.2) is 34.8 Å². The molecule has 4 heteroatoms. The van der Waals surface area contributed by atoms with E-state index >= 15 is 0 Å². The molecule has 0 aliphatic heterocycles. The molecule has 0 atom stereocenters. The molecule has 3 rings (SSSR count). The van der Waals surface area contributed by atoms with Crippen molar-refractivity contribution >= 4 is 27.0 Å². The lowest BCUT2D eigenvalue weighted by atomic mass is 10.1. The topological polar surface area (TPSA) is 28.7 Å². The second-order valence-corrected chi connectivity index (χ2v) is 5.52. The molecule has 0 saturated heterocycles. The summed E-state index contributed by atoms with van der Waals surface area (Å²) in [6.07, 6.45) is 0. The van der Waals surface area contributed by atoms with Gasteiger partial charge in [0, 0.05) is 11.6 Å². The number of halogens is 2. The largest absolute Gasteiger partial charge is 0.338 e. The molecule has 96 valence electrons. The molecule has 1 aromatic heterocycles. The van der Waals surface area contributed by atoms with Crippen molar-refractivity contribution < 1.29 is 4.39 Å². The predicted octanol–water partition coefficient (Wildman–Crippen LogP) is 4.75. The van der Waals surface area contributed by atoms with E-state index in [0.29, 0.717) is 9.99 Å². The number of imidazole rings is 1. The van der Waals surface area contributed by atoms with Crippen LogP contribution in [0.5, 0.6) is 0 Å². The molecule has 19 heavy (non-hydrogen) atoms. The Morgan fingerprint density at radius 1 is 1.11 bits per heavy atom. The Hall–Kier alpha value is -1.68. The van der Waals surface area contributed by atoms with Gasteiger partial charge in [-0.3, -0.25) is 0 Å². The number of nitrogens with one attached hydrogen (secondary N) is 1. The molecule has 2 aromatic carbocycles. The van der Waals surface area contributed by atoms with Gasteiger partial charge in [0.1, 0.15) is 11.6 Å². The number of aromatic nitrogens is 2. The van der Waals surface area contributed by atoms with E-state index < -0.39 is 0 Å². The average Bonchev–Trinajstić information content (AvgIpc) is 2.76. The van der Waals surface area contributed by atoms with Gasteiger partial charge in [-0.2, -0.15) is 0 Å². The van der Waals surface area contributed by atoms with Crippen LogP contribution in [0.3, 0.4) is 0 Å². The molecular formula is C15H12BrFN2. The Morgan fingerprint density at radius 2 is 1.89 bits per heavy atom. The van der Waals surface area contributed by atoms with Crippen LogP contribution in [-0.2, 0) is 0 Å². The summed E-state index contributed by atoms with van der Waals surface area (Å²) in [4.78, 5) is 7.66. The second-order valence-electron chi connectivity index (χ2n) is 4.67. The standard InChI is InChI=1S/C15H12BrFN2/c1-8-3-4-10(5-9(8)2)15-18-13-6-11(16)12(17)7-14(13)19-15/h3-7H,1-2H3,(H,18,19). The van der Waals surface area contributed by atoms with Crippen molar-refractivity contribution in [1.29, 1.82) is 0 Å². The summed E-state index contributed by atoms with van der Waals surface area (Å²) in [6.45, 7) is 4.14. The van der Waals surface area contributed by atoms with E-state index in [9.17, 15) is 4.39 Å². The third kappa shape index (κ3) is 2.16. The second kappa shape index (κ2) is 4.46. The minimum absolute atomic E-state index is 0.289. The summed E-state index contributed by atoms with van der Waals surface area (Å²) in [6, 6.07) is 9.31. The Bertz CT molecular complexity index is 738. The van der Waals surface area contributed by atoms with E-state index in [2.05, 4.69) is 51.9 Å². The summed E-state index contributed by atoms with van der Waals surface area (Å²) >= 11 is 3.17. The lowest BCUT2D eigenvalue weighted by Gasteiger charge is -2.02. The van der Waals surface area contributed by atoms with Gasteiger partial charge < -0.3 is 4.98 Å². The first-order valence-electron chi connectivity index (χ1n) is 5.97. The van der Waals surface area contributed by atoms with Crippen LogP contribution < -0.4 is 0 Å². The molecule has 1 N–H and O–H groups in total. The number of aromatic amines is 1. The maximum atomic E-state index is 13.5. The number of H-pyrrole nitrogens is 1. The van der Waals surface area contributed by atoms with Crippen LogP contribution in [0.4, 0.5) is 4.39 Å². The molecule has 1 heterocycles. The lowest BCUT2D eigenvalue weighted by Crippen LogP contribution is -1.84. The third-order valence-corrected chi connectivity index (χ3v) is 3.91. The van der Waals surface area contributed by atoms with E-state index in [0.717, 1.165) is 16.9 Å². The van der Waals surface area contributed by atoms with Gasteiger partial charge in [0.05, 0.1) is 15.5 Å². The SMILES string of the molecule is Cc1ccc(-c2nc3cc(Br)c(F)cc3[nH]2)cc1C. The maximum Gasteiger partial charge on any atom is 0.139 e. The molecule has 0 fully saturated rings. The molecule has 3 aromatic rings. The molecule has 0 bridgehead atoms. The normalized spacial score (nSPS) is 11.2. The molecule has 0 amide bonds. The molecule has 0 radical (unpaired) electrons. The molecule has 0 unspecified atom stereocenters. The van der Waals surface area contributed by atoms with Crippen molar-refractivity contribution in [1.82, 2.24) is 9.97 Å². The van der Waals surface area contributed by atoms with Gasteiger partial charge in [0.2, 0.25) is 0 Å². The van der Waals surface area contributed by atoms with Crippen molar-refractivity contribution in [3.8, 4) is 11.4 Å². The number of benzene rings is 2. The van der Waals surface area contributed by atoms with Gasteiger partial charge in [-0.1, -0.05) is 12.1 Å². The first-order chi connectivity index (χ1) is 9.04. The number of hydrogen-bond donors (Lipinski definition) is 1. The highest BCUT2D eigenvalue weighted by Gasteiger charge is 2.09. The highest BCUT2D eigenvalue weighted by molar-refractivity contribution is 9.10. The Morgan fingerprint density at radius 3 is 2.63 bits per heavy atom. The van der Waals surface area contributed by atoms with Gasteiger partial charge in [-0.25, -0.2) is 9.37 Å². The Labute approximate surface area is 118 Å². The summed E-state index contributed by atoms with van der Waals surface area (Å²) < 4.78 is 13.9. The number of hydrogen-bond acceptors (Lipinski definition) is 1.